The van der Waals surface area contributed by atoms with Crippen molar-refractivity contribution in [2.75, 3.05) is 99.7 Å². The van der Waals surface area contributed by atoms with Crippen molar-refractivity contribution in [2.45, 2.75) is 141 Å². The molecule has 10 heterocycles. The Morgan fingerprint density at radius 3 is 1.24 bits per heavy atom. The van der Waals surface area contributed by atoms with Crippen LogP contribution in [0.1, 0.15) is 135 Å². The van der Waals surface area contributed by atoms with Gasteiger partial charge in [0.05, 0.1) is 20.6 Å². The second-order valence-electron chi connectivity index (χ2n) is 25.6. The average Bonchev–Trinajstić information content (AvgIpc) is 3.75. The molecule has 7 aliphatic rings. The molecule has 2 aromatic carbocycles. The summed E-state index contributed by atoms with van der Waals surface area (Å²) in [5.74, 6) is 4.80. The molecule has 0 radical (unpaired) electrons. The van der Waals surface area contributed by atoms with Gasteiger partial charge in [0.25, 0.3) is 0 Å². The van der Waals surface area contributed by atoms with Crippen LogP contribution in [0.25, 0.3) is 0 Å². The second kappa shape index (κ2) is 32.1. The number of hydrogen-bond donors (Lipinski definition) is 6. The highest BCUT2D eigenvalue weighted by Crippen LogP contribution is 2.38. The summed E-state index contributed by atoms with van der Waals surface area (Å²) in [6.45, 7) is 7.91. The first kappa shape index (κ1) is 64.2. The van der Waals surface area contributed by atoms with E-state index >= 15 is 0 Å². The maximum absolute atomic E-state index is 13.0. The molecular formula is C71H94N10O8. The highest BCUT2D eigenvalue weighted by molar-refractivity contribution is 5.77. The van der Waals surface area contributed by atoms with Gasteiger partial charge in [0.2, 0.25) is 11.8 Å². The summed E-state index contributed by atoms with van der Waals surface area (Å²) in [6.07, 6.45) is 18.6. The number of anilines is 5. The summed E-state index contributed by atoms with van der Waals surface area (Å²) in [5.41, 5.74) is 11.7. The smallest absolute Gasteiger partial charge is 0.305 e. The quantitative estimate of drug-likeness (QED) is 0.0423. The molecule has 7 aliphatic heterocycles. The van der Waals surface area contributed by atoms with Gasteiger partial charge in [0, 0.05) is 119 Å². The van der Waals surface area contributed by atoms with E-state index in [4.69, 9.17) is 24.5 Å². The lowest BCUT2D eigenvalue weighted by atomic mass is 9.75. The zero-order valence-electron chi connectivity index (χ0n) is 52.5. The first-order valence-corrected chi connectivity index (χ1v) is 33.2. The normalized spacial score (nSPS) is 19.1. The van der Waals surface area contributed by atoms with Crippen molar-refractivity contribution in [2.24, 2.45) is 35.5 Å². The number of ether oxygens (including phenoxy) is 2. The molecule has 89 heavy (non-hydrogen) atoms. The Labute approximate surface area is 525 Å². The van der Waals surface area contributed by atoms with Gasteiger partial charge in [-0.15, -0.1) is 0 Å². The molecular weight excluding hydrogens is 1120 g/mol. The van der Waals surface area contributed by atoms with Gasteiger partial charge in [0.15, 0.2) is 0 Å². The van der Waals surface area contributed by atoms with Crippen molar-refractivity contribution < 1.29 is 38.6 Å². The van der Waals surface area contributed by atoms with E-state index in [2.05, 4.69) is 104 Å². The number of carbonyl (C=O) groups is 5. The lowest BCUT2D eigenvalue weighted by Crippen LogP contribution is -2.40. The number of carboxylic acid groups (broad SMARTS) is 1. The molecule has 18 heteroatoms. The third kappa shape index (κ3) is 18.4. The monoisotopic (exact) mass is 1210 g/mol. The van der Waals surface area contributed by atoms with Crippen molar-refractivity contribution in [3.8, 4) is 0 Å². The molecule has 0 aliphatic carbocycles. The Hall–Kier alpha value is -7.76. The van der Waals surface area contributed by atoms with Crippen LogP contribution in [-0.4, -0.2) is 133 Å². The summed E-state index contributed by atoms with van der Waals surface area (Å²) < 4.78 is 10.1. The average molecular weight is 1220 g/mol. The number of hydrogen-bond acceptors (Lipinski definition) is 15. The van der Waals surface area contributed by atoms with Crippen LogP contribution in [0, 0.1) is 35.5 Å². The first-order chi connectivity index (χ1) is 43.4. The lowest BCUT2D eigenvalue weighted by molar-refractivity contribution is -0.143. The predicted octanol–water partition coefficient (Wildman–Crippen LogP) is 10.4. The van der Waals surface area contributed by atoms with Crippen LogP contribution in [0.4, 0.5) is 28.8 Å². The van der Waals surface area contributed by atoms with Crippen molar-refractivity contribution >= 4 is 58.6 Å². The number of fused-ring (bicyclic) bond motifs is 5. The highest BCUT2D eigenvalue weighted by Gasteiger charge is 2.35. The lowest BCUT2D eigenvalue weighted by Gasteiger charge is -2.37. The SMILES string of the molecule is COC(=O)CC(CC1CCN(C(=O)CCc2ccc3c(n2)NCCC3)CC1)C1CNc2ccccc2C1.COC(=O)CC(CC1CCN(C(=O)CCc2ccc3c(n2)NCCC3)CC1)C1CNc2ccccc2C1.O=C(O)CCc1ccc2c(n1)NCCC2. The van der Waals surface area contributed by atoms with E-state index in [-0.39, 0.29) is 42.0 Å². The van der Waals surface area contributed by atoms with Crippen LogP contribution in [-0.2, 0) is 84.8 Å². The van der Waals surface area contributed by atoms with E-state index in [1.807, 2.05) is 21.9 Å². The van der Waals surface area contributed by atoms with Gasteiger partial charge in [-0.25, -0.2) is 15.0 Å². The minimum absolute atomic E-state index is 0.123. The van der Waals surface area contributed by atoms with Crippen molar-refractivity contribution in [1.29, 1.82) is 0 Å². The number of piperidine rings is 2. The van der Waals surface area contributed by atoms with E-state index in [0.29, 0.717) is 68.6 Å². The van der Waals surface area contributed by atoms with Gasteiger partial charge in [-0.05, 0) is 196 Å². The van der Waals surface area contributed by atoms with E-state index in [1.165, 1.54) is 53.4 Å². The number of esters is 2. The van der Waals surface area contributed by atoms with Crippen molar-refractivity contribution in [3.63, 3.8) is 0 Å². The number of nitrogens with one attached hydrogen (secondary N) is 5. The third-order valence-electron chi connectivity index (χ3n) is 19.6. The van der Waals surface area contributed by atoms with Gasteiger partial charge in [-0.1, -0.05) is 54.6 Å². The number of carbonyl (C=O) groups excluding carboxylic acids is 4. The fourth-order valence-corrected chi connectivity index (χ4v) is 14.3. The molecule has 0 spiro atoms. The van der Waals surface area contributed by atoms with Gasteiger partial charge < -0.3 is 51.0 Å². The molecule has 3 aromatic heterocycles. The maximum atomic E-state index is 13.0. The minimum atomic E-state index is -0.775. The number of nitrogens with zero attached hydrogens (tertiary/aromatic N) is 5. The molecule has 6 N–H and O–H groups in total. The number of aryl methyl sites for hydroxylation is 6. The second-order valence-corrected chi connectivity index (χ2v) is 25.6. The first-order valence-electron chi connectivity index (χ1n) is 33.2. The Balaban J connectivity index is 0.000000160. The molecule has 4 unspecified atom stereocenters. The number of pyridine rings is 3. The molecule has 0 saturated carbocycles. The van der Waals surface area contributed by atoms with Crippen LogP contribution in [0.5, 0.6) is 0 Å². The number of carboxylic acids is 1. The molecule has 0 bridgehead atoms. The number of aromatic nitrogens is 3. The Kier molecular flexibility index (Phi) is 23.2. The van der Waals surface area contributed by atoms with Gasteiger partial charge in [-0.3, -0.25) is 24.0 Å². The summed E-state index contributed by atoms with van der Waals surface area (Å²) in [6, 6.07) is 29.4. The standard InChI is InChI=1S/2C30H40N4O3.C11H14N2O2/c2*1-37-29(36)19-24(25-18-23-5-2-3-7-27(23)32-20-25)17-21-12-15-34(16-13-21)28(35)11-10-26-9-8-22-6-4-14-31-30(22)33-26;14-10(15)6-5-9-4-3-8-2-1-7-12-11(8)13-9/h2*2-3,5,7-9,21,24-25,32H,4,6,10-20H2,1H3,(H,31,33);3-4H,1-2,5-7H2,(H,12,13)(H,14,15). The molecule has 12 rings (SSSR count). The van der Waals surface area contributed by atoms with E-state index in [0.717, 1.165) is 183 Å². The van der Waals surface area contributed by atoms with Crippen LogP contribution < -0.4 is 26.6 Å². The van der Waals surface area contributed by atoms with Crippen LogP contribution in [0.2, 0.25) is 0 Å². The molecule has 476 valence electrons. The topological polar surface area (TPSA) is 229 Å². The summed E-state index contributed by atoms with van der Waals surface area (Å²) in [4.78, 5) is 78.8. The highest BCUT2D eigenvalue weighted by atomic mass is 16.5. The summed E-state index contributed by atoms with van der Waals surface area (Å²) in [5, 5.41) is 25.7. The van der Waals surface area contributed by atoms with Crippen molar-refractivity contribution in [3.05, 3.63) is 130 Å². The number of likely N-dealkylation sites (tertiary alicyclic amines) is 2. The predicted molar refractivity (Wildman–Crippen MR) is 348 cm³/mol. The molecule has 5 aromatic rings. The fourth-order valence-electron chi connectivity index (χ4n) is 14.3. The number of aliphatic carboxylic acids is 1. The maximum Gasteiger partial charge on any atom is 0.305 e. The molecule has 4 atom stereocenters. The summed E-state index contributed by atoms with van der Waals surface area (Å²) in [7, 11) is 2.96. The summed E-state index contributed by atoms with van der Waals surface area (Å²) >= 11 is 0. The third-order valence-corrected chi connectivity index (χ3v) is 19.6. The Bertz CT molecular complexity index is 3020. The van der Waals surface area contributed by atoms with Crippen LogP contribution in [0.15, 0.2) is 84.9 Å². The molecule has 2 amide bonds. The van der Waals surface area contributed by atoms with E-state index in [1.54, 1.807) is 0 Å². The zero-order chi connectivity index (χ0) is 61.9. The minimum Gasteiger partial charge on any atom is -0.481 e. The van der Waals surface area contributed by atoms with E-state index < -0.39 is 5.97 Å². The molecule has 2 fully saturated rings. The fraction of sp³-hybridized carbons (Fsp3) is 0.549. The largest absolute Gasteiger partial charge is 0.481 e. The van der Waals surface area contributed by atoms with Gasteiger partial charge >= 0.3 is 17.9 Å². The van der Waals surface area contributed by atoms with Crippen LogP contribution in [0.3, 0.4) is 0 Å². The Morgan fingerprint density at radius 2 is 0.865 bits per heavy atom. The number of amides is 2. The number of methoxy groups -OCH3 is 2. The number of rotatable bonds is 19. The molecule has 18 nitrogen and oxygen atoms in total. The van der Waals surface area contributed by atoms with Gasteiger partial charge in [-0.2, -0.15) is 0 Å². The zero-order valence-corrected chi connectivity index (χ0v) is 52.5. The number of benzene rings is 2. The molecule has 2 saturated heterocycles. The van der Waals surface area contributed by atoms with Crippen molar-refractivity contribution in [1.82, 2.24) is 24.8 Å². The van der Waals surface area contributed by atoms with Crippen LogP contribution >= 0.6 is 0 Å². The van der Waals surface area contributed by atoms with E-state index in [9.17, 15) is 24.0 Å². The van der Waals surface area contributed by atoms with Gasteiger partial charge in [0.1, 0.15) is 17.5 Å². The number of para-hydroxylation sites is 2. The Morgan fingerprint density at radius 1 is 0.494 bits per heavy atom.